The van der Waals surface area contributed by atoms with Gasteiger partial charge in [0.05, 0.1) is 4.90 Å². The Morgan fingerprint density at radius 1 is 1.29 bits per heavy atom. The topological polar surface area (TPSA) is 75.4 Å². The van der Waals surface area contributed by atoms with Gasteiger partial charge in [-0.2, -0.15) is 0 Å². The summed E-state index contributed by atoms with van der Waals surface area (Å²) in [4.78, 5) is 2.41. The van der Waals surface area contributed by atoms with Crippen LogP contribution in [-0.2, 0) is 10.0 Å². The quantitative estimate of drug-likeness (QED) is 0.811. The molecule has 1 aromatic rings. The van der Waals surface area contributed by atoms with Gasteiger partial charge in [0.2, 0.25) is 10.0 Å². The lowest BCUT2D eigenvalue weighted by Gasteiger charge is -2.47. The minimum absolute atomic E-state index is 0.0453. The van der Waals surface area contributed by atoms with Gasteiger partial charge in [0.15, 0.2) is 0 Å². The van der Waals surface area contributed by atoms with Crippen LogP contribution in [0.15, 0.2) is 17.0 Å². The summed E-state index contributed by atoms with van der Waals surface area (Å²) in [5, 5.41) is 0. The molecule has 1 aromatic carbocycles. The molecule has 0 spiro atoms. The standard InChI is InChI=1S/C15H25N3O2S/c1-11-8-13(16)12(2)14(9-11)21(19,20)17-10-15(18(3)4)6-5-7-15/h8-9,17H,5-7,10,16H2,1-4H3. The number of hydrogen-bond donors (Lipinski definition) is 2. The number of sulfonamides is 1. The average molecular weight is 311 g/mol. The number of likely N-dealkylation sites (N-methyl/N-ethyl adjacent to an activating group) is 1. The lowest BCUT2D eigenvalue weighted by atomic mass is 9.76. The number of nitrogen functional groups attached to an aromatic ring is 1. The van der Waals surface area contributed by atoms with Crippen LogP contribution in [0.1, 0.15) is 30.4 Å². The lowest BCUT2D eigenvalue weighted by Crippen LogP contribution is -2.57. The van der Waals surface area contributed by atoms with E-state index in [9.17, 15) is 8.42 Å². The van der Waals surface area contributed by atoms with Crippen molar-refractivity contribution in [1.82, 2.24) is 9.62 Å². The molecule has 1 fully saturated rings. The first-order valence-electron chi connectivity index (χ1n) is 7.22. The smallest absolute Gasteiger partial charge is 0.240 e. The molecule has 0 unspecified atom stereocenters. The van der Waals surface area contributed by atoms with Crippen LogP contribution in [0.4, 0.5) is 5.69 Å². The van der Waals surface area contributed by atoms with E-state index in [2.05, 4.69) is 9.62 Å². The molecule has 3 N–H and O–H groups in total. The van der Waals surface area contributed by atoms with Gasteiger partial charge in [-0.1, -0.05) is 0 Å². The van der Waals surface area contributed by atoms with Crippen molar-refractivity contribution in [2.75, 3.05) is 26.4 Å². The number of benzene rings is 1. The van der Waals surface area contributed by atoms with E-state index in [1.807, 2.05) is 21.0 Å². The third kappa shape index (κ3) is 3.07. The Hall–Kier alpha value is -1.11. The van der Waals surface area contributed by atoms with Crippen LogP contribution >= 0.6 is 0 Å². The number of aryl methyl sites for hydroxylation is 1. The number of rotatable bonds is 5. The number of nitrogens with one attached hydrogen (secondary N) is 1. The van der Waals surface area contributed by atoms with E-state index < -0.39 is 10.0 Å². The molecule has 0 aromatic heterocycles. The van der Waals surface area contributed by atoms with Crippen LogP contribution in [0.5, 0.6) is 0 Å². The molecule has 0 aliphatic heterocycles. The van der Waals surface area contributed by atoms with E-state index in [0.717, 1.165) is 24.8 Å². The van der Waals surface area contributed by atoms with Gasteiger partial charge in [-0.05, 0) is 70.5 Å². The number of nitrogens with two attached hydrogens (primary N) is 1. The minimum Gasteiger partial charge on any atom is -0.398 e. The molecule has 118 valence electrons. The molecule has 0 amide bonds. The second-order valence-corrected chi connectivity index (χ2v) is 8.01. The van der Waals surface area contributed by atoms with Gasteiger partial charge in [-0.3, -0.25) is 0 Å². The van der Waals surface area contributed by atoms with Crippen molar-refractivity contribution >= 4 is 15.7 Å². The van der Waals surface area contributed by atoms with Gasteiger partial charge in [0, 0.05) is 17.8 Å². The Bertz CT molecular complexity index is 635. The van der Waals surface area contributed by atoms with Crippen LogP contribution in [0.25, 0.3) is 0 Å². The van der Waals surface area contributed by atoms with Gasteiger partial charge in [0.25, 0.3) is 0 Å². The molecule has 1 aliphatic rings. The second-order valence-electron chi connectivity index (χ2n) is 6.27. The third-order valence-corrected chi connectivity index (χ3v) is 6.19. The first-order valence-corrected chi connectivity index (χ1v) is 8.70. The number of nitrogens with zero attached hydrogens (tertiary/aromatic N) is 1. The summed E-state index contributed by atoms with van der Waals surface area (Å²) in [5.74, 6) is 0. The molecule has 0 bridgehead atoms. The zero-order valence-electron chi connectivity index (χ0n) is 13.2. The predicted molar refractivity (Wildman–Crippen MR) is 85.8 cm³/mol. The van der Waals surface area contributed by atoms with E-state index in [1.165, 1.54) is 0 Å². The van der Waals surface area contributed by atoms with Crippen molar-refractivity contribution < 1.29 is 8.42 Å². The van der Waals surface area contributed by atoms with Crippen molar-refractivity contribution in [3.05, 3.63) is 23.3 Å². The molecule has 0 atom stereocenters. The number of hydrogen-bond acceptors (Lipinski definition) is 4. The zero-order valence-corrected chi connectivity index (χ0v) is 14.0. The van der Waals surface area contributed by atoms with Crippen LogP contribution in [-0.4, -0.2) is 39.5 Å². The molecule has 2 rings (SSSR count). The van der Waals surface area contributed by atoms with Gasteiger partial charge in [-0.15, -0.1) is 0 Å². The SMILES string of the molecule is Cc1cc(N)c(C)c(S(=O)(=O)NCC2(N(C)C)CCC2)c1. The normalized spacial score (nSPS) is 17.8. The summed E-state index contributed by atoms with van der Waals surface area (Å²) in [7, 11) is 0.471. The minimum atomic E-state index is -3.54. The molecule has 1 aliphatic carbocycles. The van der Waals surface area contributed by atoms with Crippen LogP contribution in [0, 0.1) is 13.8 Å². The molecule has 0 saturated heterocycles. The Kier molecular flexibility index (Phi) is 4.33. The summed E-state index contributed by atoms with van der Waals surface area (Å²) in [6.07, 6.45) is 3.20. The van der Waals surface area contributed by atoms with Gasteiger partial charge < -0.3 is 10.6 Å². The maximum absolute atomic E-state index is 12.6. The first kappa shape index (κ1) is 16.3. The fraction of sp³-hybridized carbons (Fsp3) is 0.600. The summed E-state index contributed by atoms with van der Waals surface area (Å²) in [5.41, 5.74) is 7.82. The fourth-order valence-electron chi connectivity index (χ4n) is 2.81. The molecular weight excluding hydrogens is 286 g/mol. The molecule has 0 radical (unpaired) electrons. The summed E-state index contributed by atoms with van der Waals surface area (Å²) in [6.45, 7) is 4.03. The monoisotopic (exact) mass is 311 g/mol. The Labute approximate surface area is 127 Å². The van der Waals surface area contributed by atoms with Crippen LogP contribution in [0.3, 0.4) is 0 Å². The van der Waals surface area contributed by atoms with Gasteiger partial charge in [0.1, 0.15) is 0 Å². The highest BCUT2D eigenvalue weighted by molar-refractivity contribution is 7.89. The van der Waals surface area contributed by atoms with E-state index in [1.54, 1.807) is 19.1 Å². The highest BCUT2D eigenvalue weighted by Gasteiger charge is 2.40. The van der Waals surface area contributed by atoms with E-state index >= 15 is 0 Å². The molecule has 21 heavy (non-hydrogen) atoms. The highest BCUT2D eigenvalue weighted by atomic mass is 32.2. The molecular formula is C15H25N3O2S. The van der Waals surface area contributed by atoms with Gasteiger partial charge in [-0.25, -0.2) is 13.1 Å². The van der Waals surface area contributed by atoms with Crippen molar-refractivity contribution in [2.24, 2.45) is 0 Å². The maximum Gasteiger partial charge on any atom is 0.240 e. The molecule has 5 nitrogen and oxygen atoms in total. The van der Waals surface area contributed by atoms with Crippen molar-refractivity contribution in [3.8, 4) is 0 Å². The Morgan fingerprint density at radius 3 is 2.38 bits per heavy atom. The third-order valence-electron chi connectivity index (χ3n) is 4.66. The summed E-state index contributed by atoms with van der Waals surface area (Å²) in [6, 6.07) is 3.47. The highest BCUT2D eigenvalue weighted by Crippen LogP contribution is 2.36. The molecule has 1 saturated carbocycles. The predicted octanol–water partition coefficient (Wildman–Crippen LogP) is 1.65. The first-order chi connectivity index (χ1) is 9.68. The Balaban J connectivity index is 2.24. The van der Waals surface area contributed by atoms with Crippen molar-refractivity contribution in [2.45, 2.75) is 43.5 Å². The van der Waals surface area contributed by atoms with Crippen molar-refractivity contribution in [3.63, 3.8) is 0 Å². The van der Waals surface area contributed by atoms with E-state index in [0.29, 0.717) is 17.8 Å². The lowest BCUT2D eigenvalue weighted by molar-refractivity contribution is 0.0657. The van der Waals surface area contributed by atoms with E-state index in [-0.39, 0.29) is 10.4 Å². The van der Waals surface area contributed by atoms with Gasteiger partial charge >= 0.3 is 0 Å². The summed E-state index contributed by atoms with van der Waals surface area (Å²) >= 11 is 0. The maximum atomic E-state index is 12.6. The van der Waals surface area contributed by atoms with Crippen LogP contribution < -0.4 is 10.5 Å². The fourth-order valence-corrected chi connectivity index (χ4v) is 4.28. The molecule has 0 heterocycles. The van der Waals surface area contributed by atoms with Crippen molar-refractivity contribution in [1.29, 1.82) is 0 Å². The number of anilines is 1. The second kappa shape index (κ2) is 5.59. The van der Waals surface area contributed by atoms with E-state index in [4.69, 9.17) is 5.73 Å². The largest absolute Gasteiger partial charge is 0.398 e. The van der Waals surface area contributed by atoms with Crippen LogP contribution in [0.2, 0.25) is 0 Å². The summed E-state index contributed by atoms with van der Waals surface area (Å²) < 4.78 is 27.9. The Morgan fingerprint density at radius 2 is 1.90 bits per heavy atom. The zero-order chi connectivity index (χ0) is 15.8. The molecule has 6 heteroatoms. The average Bonchev–Trinajstić information content (AvgIpc) is 2.31.